The number of aliphatic hydroxyl groups is 1. The Labute approximate surface area is 118 Å². The molecule has 2 unspecified atom stereocenters. The molecule has 1 aliphatic rings. The van der Waals surface area contributed by atoms with Crippen molar-refractivity contribution < 1.29 is 14.6 Å². The second kappa shape index (κ2) is 7.06. The van der Waals surface area contributed by atoms with Gasteiger partial charge >= 0.3 is 0 Å². The zero-order valence-corrected chi connectivity index (χ0v) is 12.2. The van der Waals surface area contributed by atoms with E-state index in [1.54, 1.807) is 11.3 Å². The molecule has 104 valence electrons. The van der Waals surface area contributed by atoms with Gasteiger partial charge < -0.3 is 14.6 Å². The van der Waals surface area contributed by atoms with Crippen molar-refractivity contribution in [1.82, 2.24) is 0 Å². The van der Waals surface area contributed by atoms with Crippen LogP contribution in [0.3, 0.4) is 0 Å². The normalized spacial score (nSPS) is 26.8. The first-order valence-electron chi connectivity index (χ1n) is 6.63. The molecule has 1 aromatic rings. The number of thiophene rings is 1. The lowest BCUT2D eigenvalue weighted by Gasteiger charge is -2.31. The predicted molar refractivity (Wildman–Crippen MR) is 76.1 cm³/mol. The molecule has 2 rings (SSSR count). The van der Waals surface area contributed by atoms with Crippen LogP contribution in [0.15, 0.2) is 12.1 Å². The summed E-state index contributed by atoms with van der Waals surface area (Å²) >= 11 is 1.62. The van der Waals surface area contributed by atoms with Gasteiger partial charge in [-0.2, -0.15) is 0 Å². The SMILES string of the molecule is CC1CC(OCc2ccc(C#CCO)s2)CC(C)O1. The Bertz CT molecular complexity index is 447. The van der Waals surface area contributed by atoms with Gasteiger partial charge in [0.2, 0.25) is 0 Å². The topological polar surface area (TPSA) is 38.7 Å². The first-order chi connectivity index (χ1) is 9.17. The van der Waals surface area contributed by atoms with Crippen molar-refractivity contribution in [3.05, 3.63) is 21.9 Å². The van der Waals surface area contributed by atoms with Crippen molar-refractivity contribution in [3.8, 4) is 11.8 Å². The summed E-state index contributed by atoms with van der Waals surface area (Å²) in [5.74, 6) is 5.56. The number of hydrogen-bond donors (Lipinski definition) is 1. The number of hydrogen-bond acceptors (Lipinski definition) is 4. The molecule has 1 aliphatic heterocycles. The third kappa shape index (κ3) is 4.63. The van der Waals surface area contributed by atoms with E-state index in [1.807, 2.05) is 12.1 Å². The smallest absolute Gasteiger partial charge is 0.104 e. The van der Waals surface area contributed by atoms with E-state index < -0.39 is 0 Å². The molecule has 1 fully saturated rings. The van der Waals surface area contributed by atoms with E-state index in [2.05, 4.69) is 25.7 Å². The Morgan fingerprint density at radius 3 is 2.79 bits per heavy atom. The number of rotatable bonds is 3. The van der Waals surface area contributed by atoms with Crippen molar-refractivity contribution in [2.24, 2.45) is 0 Å². The molecule has 2 heterocycles. The van der Waals surface area contributed by atoms with Crippen LogP contribution >= 0.6 is 11.3 Å². The zero-order valence-electron chi connectivity index (χ0n) is 11.4. The summed E-state index contributed by atoms with van der Waals surface area (Å²) in [5, 5.41) is 8.65. The Morgan fingerprint density at radius 2 is 2.11 bits per heavy atom. The lowest BCUT2D eigenvalue weighted by molar-refractivity contribution is -0.105. The van der Waals surface area contributed by atoms with Gasteiger partial charge in [-0.15, -0.1) is 11.3 Å². The van der Waals surface area contributed by atoms with E-state index in [4.69, 9.17) is 14.6 Å². The number of aliphatic hydroxyl groups excluding tert-OH is 1. The molecule has 1 saturated heterocycles. The average molecular weight is 280 g/mol. The van der Waals surface area contributed by atoms with Crippen LogP contribution < -0.4 is 0 Å². The molecule has 0 amide bonds. The molecule has 0 bridgehead atoms. The minimum absolute atomic E-state index is 0.0957. The Kier molecular flexibility index (Phi) is 5.41. The largest absolute Gasteiger partial charge is 0.384 e. The maximum absolute atomic E-state index is 8.65. The monoisotopic (exact) mass is 280 g/mol. The van der Waals surface area contributed by atoms with Gasteiger partial charge in [0.15, 0.2) is 0 Å². The highest BCUT2D eigenvalue weighted by atomic mass is 32.1. The molecule has 3 nitrogen and oxygen atoms in total. The molecular weight excluding hydrogens is 260 g/mol. The summed E-state index contributed by atoms with van der Waals surface area (Å²) in [4.78, 5) is 2.15. The van der Waals surface area contributed by atoms with Crippen molar-refractivity contribution in [2.45, 2.75) is 51.6 Å². The van der Waals surface area contributed by atoms with Crippen LogP contribution in [0, 0.1) is 11.8 Å². The second-order valence-corrected chi connectivity index (χ2v) is 6.06. The van der Waals surface area contributed by atoms with Crippen LogP contribution in [0.25, 0.3) is 0 Å². The lowest BCUT2D eigenvalue weighted by Crippen LogP contribution is -2.33. The molecule has 2 atom stereocenters. The Hall–Kier alpha value is -0.860. The van der Waals surface area contributed by atoms with Gasteiger partial charge in [0.05, 0.1) is 29.8 Å². The third-order valence-corrected chi connectivity index (χ3v) is 4.04. The van der Waals surface area contributed by atoms with E-state index in [9.17, 15) is 0 Å². The van der Waals surface area contributed by atoms with Gasteiger partial charge in [-0.1, -0.05) is 11.8 Å². The van der Waals surface area contributed by atoms with Gasteiger partial charge in [0.1, 0.15) is 6.61 Å². The molecular formula is C15H20O3S. The van der Waals surface area contributed by atoms with E-state index >= 15 is 0 Å². The van der Waals surface area contributed by atoms with E-state index in [-0.39, 0.29) is 24.9 Å². The lowest BCUT2D eigenvalue weighted by atomic mass is 10.0. The van der Waals surface area contributed by atoms with Crippen molar-refractivity contribution in [3.63, 3.8) is 0 Å². The van der Waals surface area contributed by atoms with Crippen molar-refractivity contribution >= 4 is 11.3 Å². The molecule has 19 heavy (non-hydrogen) atoms. The van der Waals surface area contributed by atoms with Crippen molar-refractivity contribution in [2.75, 3.05) is 6.61 Å². The standard InChI is InChI=1S/C15H20O3S/c1-11-8-13(9-12(2)18-11)17-10-15-6-5-14(19-15)4-3-7-16/h5-6,11-13,16H,7-10H2,1-2H3. The van der Waals surface area contributed by atoms with E-state index in [1.165, 1.54) is 4.88 Å². The van der Waals surface area contributed by atoms with Gasteiger partial charge in [0.25, 0.3) is 0 Å². The summed E-state index contributed by atoms with van der Waals surface area (Å²) in [5.41, 5.74) is 0. The Morgan fingerprint density at radius 1 is 1.37 bits per heavy atom. The molecule has 4 heteroatoms. The zero-order chi connectivity index (χ0) is 13.7. The first-order valence-corrected chi connectivity index (χ1v) is 7.44. The molecule has 0 aliphatic carbocycles. The van der Waals surface area contributed by atoms with Crippen LogP contribution in [0.2, 0.25) is 0 Å². The fourth-order valence-corrected chi connectivity index (χ4v) is 3.13. The van der Waals surface area contributed by atoms with Gasteiger partial charge in [0, 0.05) is 4.88 Å². The van der Waals surface area contributed by atoms with Gasteiger partial charge in [-0.05, 0) is 38.8 Å². The fourth-order valence-electron chi connectivity index (χ4n) is 2.33. The van der Waals surface area contributed by atoms with Gasteiger partial charge in [-0.25, -0.2) is 0 Å². The van der Waals surface area contributed by atoms with Crippen LogP contribution in [-0.4, -0.2) is 30.0 Å². The van der Waals surface area contributed by atoms with E-state index in [0.29, 0.717) is 6.61 Å². The highest BCUT2D eigenvalue weighted by Crippen LogP contribution is 2.24. The quantitative estimate of drug-likeness (QED) is 0.865. The third-order valence-electron chi connectivity index (χ3n) is 3.07. The highest BCUT2D eigenvalue weighted by molar-refractivity contribution is 7.12. The molecule has 0 aromatic carbocycles. The first kappa shape index (κ1) is 14.5. The maximum Gasteiger partial charge on any atom is 0.104 e. The predicted octanol–water partition coefficient (Wildman–Crippen LogP) is 2.56. The Balaban J connectivity index is 1.83. The minimum Gasteiger partial charge on any atom is -0.384 e. The second-order valence-electron chi connectivity index (χ2n) is 4.89. The maximum atomic E-state index is 8.65. The molecule has 0 spiro atoms. The summed E-state index contributed by atoms with van der Waals surface area (Å²) in [7, 11) is 0. The van der Waals surface area contributed by atoms with E-state index in [0.717, 1.165) is 17.7 Å². The van der Waals surface area contributed by atoms with Crippen molar-refractivity contribution in [1.29, 1.82) is 0 Å². The summed E-state index contributed by atoms with van der Waals surface area (Å²) in [6.45, 7) is 4.73. The van der Waals surface area contributed by atoms with Crippen LogP contribution in [0.1, 0.15) is 36.4 Å². The molecule has 1 N–H and O–H groups in total. The molecule has 0 radical (unpaired) electrons. The van der Waals surface area contributed by atoms with Crippen LogP contribution in [0.4, 0.5) is 0 Å². The average Bonchev–Trinajstić information content (AvgIpc) is 2.81. The number of ether oxygens (including phenoxy) is 2. The summed E-state index contributed by atoms with van der Waals surface area (Å²) < 4.78 is 11.7. The van der Waals surface area contributed by atoms with Gasteiger partial charge in [-0.3, -0.25) is 0 Å². The highest BCUT2D eigenvalue weighted by Gasteiger charge is 2.24. The van der Waals surface area contributed by atoms with Crippen LogP contribution in [-0.2, 0) is 16.1 Å². The molecule has 1 aromatic heterocycles. The minimum atomic E-state index is -0.0957. The fraction of sp³-hybridized carbons (Fsp3) is 0.600. The molecule has 0 saturated carbocycles. The summed E-state index contributed by atoms with van der Waals surface area (Å²) in [6.07, 6.45) is 2.78. The van der Waals surface area contributed by atoms with Crippen LogP contribution in [0.5, 0.6) is 0 Å². The summed E-state index contributed by atoms with van der Waals surface area (Å²) in [6, 6.07) is 4.01.